The van der Waals surface area contributed by atoms with Crippen molar-refractivity contribution >= 4 is 52.7 Å². The van der Waals surface area contributed by atoms with E-state index in [0.29, 0.717) is 51.4 Å². The first-order valence-electron chi connectivity index (χ1n) is 12.4. The number of aldehydes is 1. The monoisotopic (exact) mass is 558 g/mol. The molecule has 0 spiro atoms. The van der Waals surface area contributed by atoms with Crippen molar-refractivity contribution in [1.29, 1.82) is 5.41 Å². The van der Waals surface area contributed by atoms with Crippen molar-refractivity contribution in [2.45, 2.75) is 19.4 Å². The summed E-state index contributed by atoms with van der Waals surface area (Å²) in [6, 6.07) is 18.6. The number of ether oxygens (including phenoxy) is 1. The van der Waals surface area contributed by atoms with Crippen molar-refractivity contribution in [3.63, 3.8) is 0 Å². The molecule has 40 heavy (non-hydrogen) atoms. The first-order chi connectivity index (χ1) is 19.2. The molecular weight excluding hydrogens is 528 g/mol. The fraction of sp³-hybridized carbons (Fsp3) is 0.161. The minimum absolute atomic E-state index is 0.207. The van der Waals surface area contributed by atoms with E-state index in [9.17, 15) is 14.4 Å². The largest absolute Gasteiger partial charge is 0.495 e. The Labute approximate surface area is 238 Å². The lowest BCUT2D eigenvalue weighted by molar-refractivity contribution is -0.120. The van der Waals surface area contributed by atoms with Crippen LogP contribution in [0.25, 0.3) is 5.57 Å². The average Bonchev–Trinajstić information content (AvgIpc) is 2.93. The fourth-order valence-corrected chi connectivity index (χ4v) is 4.37. The van der Waals surface area contributed by atoms with Crippen LogP contribution in [0.3, 0.4) is 0 Å². The quantitative estimate of drug-likeness (QED) is 0.0521. The molecule has 0 heterocycles. The van der Waals surface area contributed by atoms with Crippen molar-refractivity contribution in [3.8, 4) is 0 Å². The molecular formula is C31H31ClN4O4. The molecule has 0 aliphatic heterocycles. The van der Waals surface area contributed by atoms with Crippen LogP contribution in [-0.4, -0.2) is 49.3 Å². The van der Waals surface area contributed by atoms with Crippen LogP contribution in [0.4, 0.5) is 11.4 Å². The van der Waals surface area contributed by atoms with E-state index in [0.717, 1.165) is 11.8 Å². The van der Waals surface area contributed by atoms with E-state index < -0.39 is 6.04 Å². The number of ketones is 1. The van der Waals surface area contributed by atoms with Gasteiger partial charge >= 0.3 is 0 Å². The molecule has 1 atom stereocenters. The molecule has 0 aromatic heterocycles. The molecule has 0 saturated heterocycles. The molecule has 0 saturated carbocycles. The van der Waals surface area contributed by atoms with Crippen LogP contribution >= 0.6 is 11.6 Å². The number of nitrogens with one attached hydrogen (secondary N) is 2. The summed E-state index contributed by atoms with van der Waals surface area (Å²) in [6.45, 7) is 1.43. The van der Waals surface area contributed by atoms with Gasteiger partial charge in [-0.3, -0.25) is 14.4 Å². The van der Waals surface area contributed by atoms with Gasteiger partial charge in [-0.05, 0) is 60.5 Å². The van der Waals surface area contributed by atoms with Gasteiger partial charge in [0.25, 0.3) is 0 Å². The SMILES string of the molecule is COC(=C/N(C)C(Cc1ccccc1)C(=O)Nc1ccc(C=N)c(N)c1)/C(=C\C=O)c1cc(Cl)ccc1C(C)=O. The molecule has 0 aliphatic rings. The second-order valence-electron chi connectivity index (χ2n) is 9.01. The Balaban J connectivity index is 2.04. The topological polar surface area (TPSA) is 126 Å². The maximum absolute atomic E-state index is 13.6. The molecule has 0 aliphatic carbocycles. The molecule has 0 bridgehead atoms. The molecule has 9 heteroatoms. The zero-order chi connectivity index (χ0) is 29.2. The summed E-state index contributed by atoms with van der Waals surface area (Å²) in [5.74, 6) is -0.264. The van der Waals surface area contributed by atoms with Gasteiger partial charge in [-0.15, -0.1) is 0 Å². The molecule has 1 unspecified atom stereocenters. The number of halogens is 1. The molecule has 3 rings (SSSR count). The number of allylic oxidation sites excluding steroid dienone is 2. The molecule has 0 fully saturated rings. The third-order valence-corrected chi connectivity index (χ3v) is 6.50. The molecule has 3 aromatic rings. The Kier molecular flexibility index (Phi) is 10.4. The van der Waals surface area contributed by atoms with Crippen LogP contribution < -0.4 is 11.1 Å². The maximum Gasteiger partial charge on any atom is 0.247 e. The van der Waals surface area contributed by atoms with Gasteiger partial charge in [0, 0.05) is 59.0 Å². The summed E-state index contributed by atoms with van der Waals surface area (Å²) in [7, 11) is 3.16. The number of hydrogen-bond acceptors (Lipinski definition) is 7. The number of nitrogen functional groups attached to an aromatic ring is 1. The van der Waals surface area contributed by atoms with Crippen molar-refractivity contribution in [2.75, 3.05) is 25.2 Å². The maximum atomic E-state index is 13.6. The molecule has 4 N–H and O–H groups in total. The van der Waals surface area contributed by atoms with Gasteiger partial charge in [0.05, 0.1) is 7.11 Å². The lowest BCUT2D eigenvalue weighted by atomic mass is 9.95. The van der Waals surface area contributed by atoms with Gasteiger partial charge in [-0.1, -0.05) is 41.9 Å². The van der Waals surface area contributed by atoms with Gasteiger partial charge in [0.2, 0.25) is 5.91 Å². The Bertz CT molecular complexity index is 1470. The minimum Gasteiger partial charge on any atom is -0.495 e. The first-order valence-corrected chi connectivity index (χ1v) is 12.8. The van der Waals surface area contributed by atoms with E-state index in [1.807, 2.05) is 30.3 Å². The molecule has 206 valence electrons. The highest BCUT2D eigenvalue weighted by Gasteiger charge is 2.25. The van der Waals surface area contributed by atoms with Crippen LogP contribution in [0.15, 0.2) is 84.8 Å². The third kappa shape index (κ3) is 7.45. The number of nitrogens with two attached hydrogens (primary N) is 1. The second kappa shape index (κ2) is 13.9. The van der Waals surface area contributed by atoms with E-state index in [1.165, 1.54) is 20.1 Å². The number of amides is 1. The molecule has 8 nitrogen and oxygen atoms in total. The highest BCUT2D eigenvalue weighted by atomic mass is 35.5. The van der Waals surface area contributed by atoms with Crippen LogP contribution in [-0.2, 0) is 20.7 Å². The van der Waals surface area contributed by atoms with E-state index in [4.69, 9.17) is 27.5 Å². The van der Waals surface area contributed by atoms with Gasteiger partial charge in [0.1, 0.15) is 18.1 Å². The summed E-state index contributed by atoms with van der Waals surface area (Å²) < 4.78 is 5.67. The number of likely N-dealkylation sites (N-methyl/N-ethyl adjacent to an activating group) is 1. The predicted molar refractivity (Wildman–Crippen MR) is 160 cm³/mol. The zero-order valence-corrected chi connectivity index (χ0v) is 23.2. The summed E-state index contributed by atoms with van der Waals surface area (Å²) in [4.78, 5) is 39.3. The van der Waals surface area contributed by atoms with Gasteiger partial charge in [0.15, 0.2) is 5.78 Å². The summed E-state index contributed by atoms with van der Waals surface area (Å²) in [6.07, 6.45) is 5.00. The number of Topliss-reactive ketones (excluding diaryl/α,β-unsaturated/α-hetero) is 1. The first kappa shape index (κ1) is 29.9. The Morgan fingerprint density at radius 1 is 1.10 bits per heavy atom. The number of benzene rings is 3. The van der Waals surface area contributed by atoms with Gasteiger partial charge in [-0.2, -0.15) is 0 Å². The summed E-state index contributed by atoms with van der Waals surface area (Å²) in [5, 5.41) is 10.7. The lowest BCUT2D eigenvalue weighted by Crippen LogP contribution is -2.41. The van der Waals surface area contributed by atoms with Crippen LogP contribution in [0, 0.1) is 5.41 Å². The number of rotatable bonds is 12. The lowest BCUT2D eigenvalue weighted by Gasteiger charge is -2.27. The van der Waals surface area contributed by atoms with E-state index in [-0.39, 0.29) is 17.4 Å². The second-order valence-corrected chi connectivity index (χ2v) is 9.44. The van der Waals surface area contributed by atoms with E-state index >= 15 is 0 Å². The van der Waals surface area contributed by atoms with Gasteiger partial charge < -0.3 is 26.1 Å². The number of carbonyl (C=O) groups excluding carboxylic acids is 3. The number of carbonyl (C=O) groups is 3. The van der Waals surface area contributed by atoms with Crippen LogP contribution in [0.1, 0.15) is 34.0 Å². The highest BCUT2D eigenvalue weighted by Crippen LogP contribution is 2.30. The Hall–Kier alpha value is -4.69. The third-order valence-electron chi connectivity index (χ3n) is 6.27. The molecule has 1 amide bonds. The minimum atomic E-state index is -0.708. The number of hydrogen-bond donors (Lipinski definition) is 3. The van der Waals surface area contributed by atoms with Crippen molar-refractivity contribution in [3.05, 3.63) is 112 Å². The van der Waals surface area contributed by atoms with E-state index in [2.05, 4.69) is 5.32 Å². The highest BCUT2D eigenvalue weighted by molar-refractivity contribution is 6.31. The standard InChI is InChI=1S/C31H31ClN4O4/c1-20(38)25-12-10-23(32)16-27(25)26(13-14-37)30(40-3)19-36(2)29(15-21-7-5-4-6-8-21)31(39)35-24-11-9-22(18-33)28(34)17-24/h4-14,16-19,29,33H,15,34H2,1-3H3,(H,35,39)/b26-13-,30-19+,33-18?. The number of anilines is 2. The average molecular weight is 559 g/mol. The molecule has 3 aromatic carbocycles. The smallest absolute Gasteiger partial charge is 0.247 e. The Morgan fingerprint density at radius 3 is 2.42 bits per heavy atom. The predicted octanol–water partition coefficient (Wildman–Crippen LogP) is 5.37. The zero-order valence-electron chi connectivity index (χ0n) is 22.5. The Morgan fingerprint density at radius 2 is 1.82 bits per heavy atom. The van der Waals surface area contributed by atoms with Crippen molar-refractivity contribution in [1.82, 2.24) is 4.90 Å². The number of nitrogens with zero attached hydrogens (tertiary/aromatic N) is 1. The summed E-state index contributed by atoms with van der Waals surface area (Å²) >= 11 is 6.24. The number of methoxy groups -OCH3 is 1. The van der Waals surface area contributed by atoms with Crippen LogP contribution in [0.5, 0.6) is 0 Å². The summed E-state index contributed by atoms with van der Waals surface area (Å²) in [5.41, 5.74) is 9.47. The normalized spacial score (nSPS) is 12.3. The van der Waals surface area contributed by atoms with Crippen molar-refractivity contribution in [2.24, 2.45) is 0 Å². The van der Waals surface area contributed by atoms with Gasteiger partial charge in [-0.25, -0.2) is 0 Å². The molecule has 0 radical (unpaired) electrons. The fourth-order valence-electron chi connectivity index (χ4n) is 4.19. The van der Waals surface area contributed by atoms with E-state index in [1.54, 1.807) is 54.5 Å². The van der Waals surface area contributed by atoms with Crippen LogP contribution in [0.2, 0.25) is 5.02 Å². The van der Waals surface area contributed by atoms with Crippen molar-refractivity contribution < 1.29 is 19.1 Å².